The summed E-state index contributed by atoms with van der Waals surface area (Å²) in [5.74, 6) is 0.836. The summed E-state index contributed by atoms with van der Waals surface area (Å²) in [6.07, 6.45) is 1.62. The SMILES string of the molecule is CNCc1ccc(S(=O)(=O)N2CCSC(C)C2C)nc1. The van der Waals surface area contributed by atoms with Crippen molar-refractivity contribution in [1.29, 1.82) is 0 Å². The second kappa shape index (κ2) is 6.43. The van der Waals surface area contributed by atoms with Gasteiger partial charge in [0.2, 0.25) is 0 Å². The minimum absolute atomic E-state index is 0.00228. The number of nitrogens with zero attached hydrogens (tertiary/aromatic N) is 2. The van der Waals surface area contributed by atoms with Crippen molar-refractivity contribution in [3.8, 4) is 0 Å². The number of pyridine rings is 1. The lowest BCUT2D eigenvalue weighted by Crippen LogP contribution is -2.48. The van der Waals surface area contributed by atoms with Crippen molar-refractivity contribution >= 4 is 21.8 Å². The van der Waals surface area contributed by atoms with Crippen LogP contribution in [0.1, 0.15) is 19.4 Å². The molecule has 7 heteroatoms. The van der Waals surface area contributed by atoms with E-state index >= 15 is 0 Å². The van der Waals surface area contributed by atoms with E-state index in [1.165, 1.54) is 0 Å². The zero-order chi connectivity index (χ0) is 14.8. The Morgan fingerprint density at radius 1 is 1.45 bits per heavy atom. The van der Waals surface area contributed by atoms with E-state index in [0.717, 1.165) is 11.3 Å². The molecule has 2 rings (SSSR count). The Labute approximate surface area is 125 Å². The van der Waals surface area contributed by atoms with Crippen LogP contribution in [0.3, 0.4) is 0 Å². The van der Waals surface area contributed by atoms with Gasteiger partial charge >= 0.3 is 0 Å². The highest BCUT2D eigenvalue weighted by Crippen LogP contribution is 2.28. The zero-order valence-electron chi connectivity index (χ0n) is 12.0. The molecular weight excluding hydrogens is 294 g/mol. The topological polar surface area (TPSA) is 62.3 Å². The van der Waals surface area contributed by atoms with Crippen LogP contribution in [0.5, 0.6) is 0 Å². The molecule has 1 fully saturated rings. The van der Waals surface area contributed by atoms with Crippen LogP contribution in [-0.4, -0.2) is 48.3 Å². The third kappa shape index (κ3) is 3.16. The average Bonchev–Trinajstić information content (AvgIpc) is 2.42. The minimum atomic E-state index is -3.49. The maximum absolute atomic E-state index is 12.7. The summed E-state index contributed by atoms with van der Waals surface area (Å²) >= 11 is 1.82. The second-order valence-electron chi connectivity index (χ2n) is 4.97. The van der Waals surface area contributed by atoms with Gasteiger partial charge in [0, 0.05) is 36.3 Å². The molecule has 1 aliphatic rings. The van der Waals surface area contributed by atoms with Crippen molar-refractivity contribution in [3.63, 3.8) is 0 Å². The molecule has 0 radical (unpaired) electrons. The van der Waals surface area contributed by atoms with Crippen LogP contribution < -0.4 is 5.32 Å². The van der Waals surface area contributed by atoms with Gasteiger partial charge in [-0.2, -0.15) is 16.1 Å². The summed E-state index contributed by atoms with van der Waals surface area (Å²) in [6.45, 7) is 5.27. The quantitative estimate of drug-likeness (QED) is 0.908. The van der Waals surface area contributed by atoms with Gasteiger partial charge in [-0.3, -0.25) is 0 Å². The predicted molar refractivity (Wildman–Crippen MR) is 82.3 cm³/mol. The van der Waals surface area contributed by atoms with E-state index in [2.05, 4.69) is 17.2 Å². The number of aromatic nitrogens is 1. The van der Waals surface area contributed by atoms with E-state index in [0.29, 0.717) is 18.3 Å². The van der Waals surface area contributed by atoms with E-state index in [1.54, 1.807) is 16.6 Å². The molecule has 2 heterocycles. The van der Waals surface area contributed by atoms with Crippen molar-refractivity contribution in [2.24, 2.45) is 0 Å². The average molecular weight is 315 g/mol. The number of nitrogens with one attached hydrogen (secondary N) is 1. The van der Waals surface area contributed by atoms with Gasteiger partial charge in [0.1, 0.15) is 0 Å². The van der Waals surface area contributed by atoms with E-state index < -0.39 is 10.0 Å². The highest BCUT2D eigenvalue weighted by molar-refractivity contribution is 8.00. The predicted octanol–water partition coefficient (Wildman–Crippen LogP) is 1.32. The van der Waals surface area contributed by atoms with Crippen LogP contribution in [0.4, 0.5) is 0 Å². The molecule has 1 N–H and O–H groups in total. The normalized spacial score (nSPS) is 24.8. The first-order valence-electron chi connectivity index (χ1n) is 6.70. The van der Waals surface area contributed by atoms with Gasteiger partial charge in [-0.05, 0) is 25.6 Å². The molecular formula is C13H21N3O2S2. The third-order valence-corrected chi connectivity index (χ3v) is 6.82. The Hall–Kier alpha value is -0.630. The molecule has 0 saturated carbocycles. The summed E-state index contributed by atoms with van der Waals surface area (Å²) in [7, 11) is -1.64. The highest BCUT2D eigenvalue weighted by atomic mass is 32.2. The molecule has 1 aromatic rings. The maximum Gasteiger partial charge on any atom is 0.260 e. The fourth-order valence-corrected chi connectivity index (χ4v) is 5.15. The molecule has 20 heavy (non-hydrogen) atoms. The monoisotopic (exact) mass is 315 g/mol. The first kappa shape index (κ1) is 15.8. The van der Waals surface area contributed by atoms with Crippen molar-refractivity contribution in [3.05, 3.63) is 23.9 Å². The summed E-state index contributed by atoms with van der Waals surface area (Å²) < 4.78 is 26.9. The Morgan fingerprint density at radius 3 is 2.80 bits per heavy atom. The lowest BCUT2D eigenvalue weighted by Gasteiger charge is -2.36. The number of hydrogen-bond acceptors (Lipinski definition) is 5. The number of hydrogen-bond donors (Lipinski definition) is 1. The largest absolute Gasteiger partial charge is 0.316 e. The van der Waals surface area contributed by atoms with Gasteiger partial charge < -0.3 is 5.32 Å². The number of rotatable bonds is 4. The molecule has 0 bridgehead atoms. The fraction of sp³-hybridized carbons (Fsp3) is 0.615. The van der Waals surface area contributed by atoms with Gasteiger partial charge in [-0.1, -0.05) is 13.0 Å². The van der Waals surface area contributed by atoms with E-state index in [9.17, 15) is 8.42 Å². The van der Waals surface area contributed by atoms with E-state index in [1.807, 2.05) is 31.8 Å². The van der Waals surface area contributed by atoms with Gasteiger partial charge in [0.15, 0.2) is 5.03 Å². The van der Waals surface area contributed by atoms with Gasteiger partial charge in [-0.25, -0.2) is 13.4 Å². The molecule has 5 nitrogen and oxygen atoms in total. The molecule has 1 aliphatic heterocycles. The van der Waals surface area contributed by atoms with Crippen LogP contribution in [0, 0.1) is 0 Å². The lowest BCUT2D eigenvalue weighted by molar-refractivity contribution is 0.339. The highest BCUT2D eigenvalue weighted by Gasteiger charge is 2.35. The number of thioether (sulfide) groups is 1. The molecule has 1 aromatic heterocycles. The van der Waals surface area contributed by atoms with Crippen LogP contribution in [-0.2, 0) is 16.6 Å². The van der Waals surface area contributed by atoms with Crippen molar-refractivity contribution < 1.29 is 8.42 Å². The summed E-state index contributed by atoms with van der Waals surface area (Å²) in [4.78, 5) is 4.13. The van der Waals surface area contributed by atoms with Crippen LogP contribution in [0.2, 0.25) is 0 Å². The van der Waals surface area contributed by atoms with Crippen molar-refractivity contribution in [1.82, 2.24) is 14.6 Å². The Morgan fingerprint density at radius 2 is 2.20 bits per heavy atom. The smallest absolute Gasteiger partial charge is 0.260 e. The van der Waals surface area contributed by atoms with Gasteiger partial charge in [0.25, 0.3) is 10.0 Å². The maximum atomic E-state index is 12.7. The van der Waals surface area contributed by atoms with E-state index in [4.69, 9.17) is 0 Å². The Kier molecular flexibility index (Phi) is 5.06. The standard InChI is InChI=1S/C13H21N3O2S2/c1-10-11(2)19-7-6-16(10)20(17,18)13-5-4-12(8-14-3)9-15-13/h4-5,9-11,14H,6-8H2,1-3H3. The molecule has 2 atom stereocenters. The van der Waals surface area contributed by atoms with Crippen LogP contribution >= 0.6 is 11.8 Å². The lowest BCUT2D eigenvalue weighted by atomic mass is 10.2. The molecule has 1 saturated heterocycles. The van der Waals surface area contributed by atoms with Crippen molar-refractivity contribution in [2.45, 2.75) is 36.7 Å². The van der Waals surface area contributed by atoms with Crippen LogP contribution in [0.15, 0.2) is 23.4 Å². The first-order chi connectivity index (χ1) is 9.46. The van der Waals surface area contributed by atoms with Gasteiger partial charge in [0.05, 0.1) is 0 Å². The summed E-state index contributed by atoms with van der Waals surface area (Å²) in [5.41, 5.74) is 0.974. The fourth-order valence-electron chi connectivity index (χ4n) is 2.24. The third-order valence-electron chi connectivity index (χ3n) is 3.58. The molecule has 0 amide bonds. The number of sulfonamides is 1. The minimum Gasteiger partial charge on any atom is -0.316 e. The van der Waals surface area contributed by atoms with Crippen LogP contribution in [0.25, 0.3) is 0 Å². The molecule has 0 aliphatic carbocycles. The van der Waals surface area contributed by atoms with Crippen molar-refractivity contribution in [2.75, 3.05) is 19.3 Å². The van der Waals surface area contributed by atoms with Gasteiger partial charge in [-0.15, -0.1) is 0 Å². The van der Waals surface area contributed by atoms with E-state index in [-0.39, 0.29) is 11.1 Å². The molecule has 112 valence electrons. The second-order valence-corrected chi connectivity index (χ2v) is 8.29. The Bertz CT molecular complexity index is 545. The summed E-state index contributed by atoms with van der Waals surface area (Å²) in [5, 5.41) is 3.47. The first-order valence-corrected chi connectivity index (χ1v) is 9.18. The zero-order valence-corrected chi connectivity index (χ0v) is 13.7. The summed E-state index contributed by atoms with van der Waals surface area (Å²) in [6, 6.07) is 3.40. The molecule has 0 aromatic carbocycles. The molecule has 0 spiro atoms. The Balaban J connectivity index is 2.25. The molecule has 2 unspecified atom stereocenters.